The highest BCUT2D eigenvalue weighted by molar-refractivity contribution is 7.89. The second-order valence-electron chi connectivity index (χ2n) is 9.83. The maximum Gasteiger partial charge on any atom is 0.243 e. The summed E-state index contributed by atoms with van der Waals surface area (Å²) < 4.78 is 27.3. The number of carbonyl (C=O) groups is 1. The zero-order chi connectivity index (χ0) is 27.4. The number of piperazine rings is 1. The number of carbonyl (C=O) groups excluding carboxylic acids is 1. The highest BCUT2D eigenvalue weighted by Gasteiger charge is 2.30. The van der Waals surface area contributed by atoms with Crippen molar-refractivity contribution < 1.29 is 13.2 Å². The van der Waals surface area contributed by atoms with Crippen LogP contribution in [0.3, 0.4) is 0 Å². The number of amides is 1. The van der Waals surface area contributed by atoms with Crippen molar-refractivity contribution in [2.75, 3.05) is 39.3 Å². The molecule has 7 heteroatoms. The number of likely N-dealkylation sites (N-methyl/N-ethyl adjacent to an activating group) is 1. The molecule has 4 rings (SSSR count). The number of benzene rings is 2. The summed E-state index contributed by atoms with van der Waals surface area (Å²) in [6.07, 6.45) is 2.97. The van der Waals surface area contributed by atoms with E-state index in [4.69, 9.17) is 0 Å². The standard InChI is InChI=1S/C19H23NO2S.C9H18N2O.C2H6/c1-16-9-11-19(12-10-16)23(21,22)20-13-5-8-18(15-20)14-17-6-3-2-4-7-17;1-4-10-5-6-11(9(3)12)8(2)7-10;1-2/h2-4,6-7,9-12,18H,5,8,13-15H2,1H3;8H,4-7H2,1-3H3;1-2H3/t18-;;/m0../s1. The van der Waals surface area contributed by atoms with Crippen LogP contribution in [-0.2, 0) is 21.2 Å². The van der Waals surface area contributed by atoms with Gasteiger partial charge in [-0.15, -0.1) is 0 Å². The maximum absolute atomic E-state index is 12.8. The van der Waals surface area contributed by atoms with E-state index >= 15 is 0 Å². The van der Waals surface area contributed by atoms with Gasteiger partial charge >= 0.3 is 0 Å². The predicted molar refractivity (Wildman–Crippen MR) is 153 cm³/mol. The summed E-state index contributed by atoms with van der Waals surface area (Å²) in [5.74, 6) is 0.602. The van der Waals surface area contributed by atoms with E-state index in [0.29, 0.717) is 29.9 Å². The van der Waals surface area contributed by atoms with Crippen molar-refractivity contribution in [1.29, 1.82) is 0 Å². The van der Waals surface area contributed by atoms with Gasteiger partial charge < -0.3 is 4.90 Å². The molecule has 0 N–H and O–H groups in total. The molecule has 2 aliphatic rings. The van der Waals surface area contributed by atoms with Crippen molar-refractivity contribution in [3.05, 3.63) is 65.7 Å². The van der Waals surface area contributed by atoms with E-state index in [0.717, 1.165) is 51.0 Å². The van der Waals surface area contributed by atoms with Gasteiger partial charge in [-0.05, 0) is 63.3 Å². The lowest BCUT2D eigenvalue weighted by molar-refractivity contribution is -0.133. The minimum absolute atomic E-state index is 0.207. The Kier molecular flexibility index (Phi) is 12.8. The first-order chi connectivity index (χ1) is 17.7. The summed E-state index contributed by atoms with van der Waals surface area (Å²) in [4.78, 5) is 15.8. The van der Waals surface area contributed by atoms with Gasteiger partial charge in [0, 0.05) is 45.7 Å². The van der Waals surface area contributed by atoms with Crippen LogP contribution in [0, 0.1) is 12.8 Å². The van der Waals surface area contributed by atoms with Gasteiger partial charge in [0.15, 0.2) is 0 Å². The quantitative estimate of drug-likeness (QED) is 0.533. The van der Waals surface area contributed by atoms with Crippen molar-refractivity contribution >= 4 is 15.9 Å². The van der Waals surface area contributed by atoms with Crippen molar-refractivity contribution in [3.63, 3.8) is 0 Å². The molecule has 37 heavy (non-hydrogen) atoms. The Morgan fingerprint density at radius 3 is 2.16 bits per heavy atom. The third-order valence-electron chi connectivity index (χ3n) is 7.07. The summed E-state index contributed by atoms with van der Waals surface area (Å²) in [7, 11) is -3.37. The fourth-order valence-corrected chi connectivity index (χ4v) is 6.56. The highest BCUT2D eigenvalue weighted by atomic mass is 32.2. The lowest BCUT2D eigenvalue weighted by Crippen LogP contribution is -2.53. The number of rotatable bonds is 5. The zero-order valence-electron chi connectivity index (χ0n) is 23.7. The minimum atomic E-state index is -3.37. The lowest BCUT2D eigenvalue weighted by atomic mass is 9.92. The summed E-state index contributed by atoms with van der Waals surface area (Å²) >= 11 is 0. The van der Waals surface area contributed by atoms with Crippen molar-refractivity contribution in [2.45, 2.75) is 71.7 Å². The Balaban J connectivity index is 0.000000291. The molecule has 6 nitrogen and oxygen atoms in total. The van der Waals surface area contributed by atoms with E-state index in [2.05, 4.69) is 30.9 Å². The van der Waals surface area contributed by atoms with Crippen LogP contribution in [0.2, 0.25) is 0 Å². The molecular formula is C30H47N3O3S. The van der Waals surface area contributed by atoms with Gasteiger partial charge in [-0.2, -0.15) is 4.31 Å². The van der Waals surface area contributed by atoms with Gasteiger partial charge in [0.25, 0.3) is 0 Å². The van der Waals surface area contributed by atoms with Crippen molar-refractivity contribution in [1.82, 2.24) is 14.1 Å². The number of hydrogen-bond acceptors (Lipinski definition) is 4. The van der Waals surface area contributed by atoms with Crippen LogP contribution < -0.4 is 0 Å². The highest BCUT2D eigenvalue weighted by Crippen LogP contribution is 2.26. The Hall–Kier alpha value is -2.22. The molecule has 2 aromatic rings. The van der Waals surface area contributed by atoms with Crippen LogP contribution in [0.4, 0.5) is 0 Å². The zero-order valence-corrected chi connectivity index (χ0v) is 24.5. The Morgan fingerprint density at radius 1 is 0.946 bits per heavy atom. The van der Waals surface area contributed by atoms with E-state index < -0.39 is 10.0 Å². The van der Waals surface area contributed by atoms with Gasteiger partial charge in [0.1, 0.15) is 0 Å². The first-order valence-corrected chi connectivity index (χ1v) is 15.2. The number of piperidine rings is 1. The summed E-state index contributed by atoms with van der Waals surface area (Å²) in [6, 6.07) is 17.9. The number of sulfonamides is 1. The van der Waals surface area contributed by atoms with E-state index in [1.54, 1.807) is 23.4 Å². The van der Waals surface area contributed by atoms with Crippen LogP contribution >= 0.6 is 0 Å². The second kappa shape index (κ2) is 15.3. The Bertz CT molecular complexity index is 1040. The van der Waals surface area contributed by atoms with Gasteiger partial charge in [-0.3, -0.25) is 9.69 Å². The first-order valence-electron chi connectivity index (χ1n) is 13.8. The van der Waals surface area contributed by atoms with Crippen LogP contribution in [0.25, 0.3) is 0 Å². The molecule has 2 atom stereocenters. The second-order valence-corrected chi connectivity index (χ2v) is 11.8. The molecule has 2 aromatic carbocycles. The molecule has 1 amide bonds. The Morgan fingerprint density at radius 2 is 1.59 bits per heavy atom. The molecule has 0 aromatic heterocycles. The topological polar surface area (TPSA) is 60.9 Å². The maximum atomic E-state index is 12.8. The molecular weight excluding hydrogens is 482 g/mol. The molecule has 0 aliphatic carbocycles. The number of aryl methyl sites for hydroxylation is 1. The largest absolute Gasteiger partial charge is 0.338 e. The first kappa shape index (κ1) is 31.0. The van der Waals surface area contributed by atoms with E-state index in [1.165, 1.54) is 5.56 Å². The van der Waals surface area contributed by atoms with E-state index in [-0.39, 0.29) is 5.91 Å². The van der Waals surface area contributed by atoms with E-state index in [1.807, 2.05) is 56.0 Å². The smallest absolute Gasteiger partial charge is 0.243 e. The molecule has 0 spiro atoms. The minimum Gasteiger partial charge on any atom is -0.338 e. The van der Waals surface area contributed by atoms with E-state index in [9.17, 15) is 13.2 Å². The molecule has 2 saturated heterocycles. The Labute approximate surface area is 225 Å². The van der Waals surface area contributed by atoms with Gasteiger partial charge in [-0.25, -0.2) is 8.42 Å². The molecule has 2 heterocycles. The third kappa shape index (κ3) is 9.24. The van der Waals surface area contributed by atoms with Crippen molar-refractivity contribution in [2.24, 2.45) is 5.92 Å². The average Bonchev–Trinajstić information content (AvgIpc) is 2.91. The van der Waals surface area contributed by atoms with Crippen molar-refractivity contribution in [3.8, 4) is 0 Å². The van der Waals surface area contributed by atoms with Crippen LogP contribution in [0.15, 0.2) is 59.5 Å². The predicted octanol–water partition coefficient (Wildman–Crippen LogP) is 5.22. The van der Waals surface area contributed by atoms with Crippen LogP contribution in [-0.4, -0.2) is 73.7 Å². The normalized spacial score (nSPS) is 20.8. The fourth-order valence-electron chi connectivity index (χ4n) is 5.01. The molecule has 2 aliphatic heterocycles. The SMILES string of the molecule is CC.CCN1CCN(C(C)=O)C(C)C1.Cc1ccc(S(=O)(=O)N2CCC[C@@H](Cc3ccccc3)C2)cc1. The number of nitrogens with zero attached hydrogens (tertiary/aromatic N) is 3. The fraction of sp³-hybridized carbons (Fsp3) is 0.567. The summed E-state index contributed by atoms with van der Waals surface area (Å²) in [5, 5.41) is 0. The summed E-state index contributed by atoms with van der Waals surface area (Å²) in [6.45, 7) is 17.2. The van der Waals surface area contributed by atoms with Crippen LogP contribution in [0.1, 0.15) is 58.6 Å². The van der Waals surface area contributed by atoms with Gasteiger partial charge in [-0.1, -0.05) is 68.8 Å². The third-order valence-corrected chi connectivity index (χ3v) is 8.95. The molecule has 0 bridgehead atoms. The van der Waals surface area contributed by atoms with Crippen LogP contribution in [0.5, 0.6) is 0 Å². The molecule has 0 saturated carbocycles. The van der Waals surface area contributed by atoms with Gasteiger partial charge in [0.2, 0.25) is 15.9 Å². The monoisotopic (exact) mass is 529 g/mol. The molecule has 206 valence electrons. The lowest BCUT2D eigenvalue weighted by Gasteiger charge is -2.38. The molecule has 0 radical (unpaired) electrons. The number of hydrogen-bond donors (Lipinski definition) is 0. The average molecular weight is 530 g/mol. The van der Waals surface area contributed by atoms with Gasteiger partial charge in [0.05, 0.1) is 4.90 Å². The molecule has 2 fully saturated rings. The molecule has 1 unspecified atom stereocenters. The summed E-state index contributed by atoms with van der Waals surface area (Å²) in [5.41, 5.74) is 2.36.